The van der Waals surface area contributed by atoms with Crippen LogP contribution in [0.4, 0.5) is 11.6 Å². The maximum absolute atomic E-state index is 9.57. The molecule has 4 aromatic heterocycles. The zero-order valence-corrected chi connectivity index (χ0v) is 28.2. The van der Waals surface area contributed by atoms with Gasteiger partial charge in [-0.2, -0.15) is 0 Å². The highest BCUT2D eigenvalue weighted by molar-refractivity contribution is 14.1. The maximum Gasteiger partial charge on any atom is 0.148 e. The van der Waals surface area contributed by atoms with Crippen LogP contribution in [0.1, 0.15) is 44.2 Å². The third-order valence-electron chi connectivity index (χ3n) is 7.83. The van der Waals surface area contributed by atoms with Crippen molar-refractivity contribution in [1.82, 2.24) is 29.1 Å². The summed E-state index contributed by atoms with van der Waals surface area (Å²) in [5.41, 5.74) is 14.1. The molecule has 0 radical (unpaired) electrons. The molecule has 6 rings (SSSR count). The molecule has 4 aromatic rings. The minimum absolute atomic E-state index is 0.0915. The van der Waals surface area contributed by atoms with Gasteiger partial charge in [0.1, 0.15) is 60.2 Å². The van der Waals surface area contributed by atoms with E-state index < -0.39 is 6.10 Å². The van der Waals surface area contributed by atoms with Crippen molar-refractivity contribution >= 4 is 56.3 Å². The molecule has 2 aliphatic heterocycles. The molecule has 14 nitrogen and oxygen atoms in total. The van der Waals surface area contributed by atoms with Crippen LogP contribution in [0.5, 0.6) is 0 Å². The monoisotopic (exact) mass is 758 g/mol. The van der Waals surface area contributed by atoms with Gasteiger partial charge in [-0.25, -0.2) is 19.9 Å². The van der Waals surface area contributed by atoms with Crippen molar-refractivity contribution in [3.8, 4) is 11.8 Å². The number of hydrogen-bond acceptors (Lipinski definition) is 12. The largest absolute Gasteiger partial charge is 0.394 e. The Morgan fingerprint density at radius 3 is 1.91 bits per heavy atom. The van der Waals surface area contributed by atoms with E-state index in [-0.39, 0.29) is 44.0 Å². The molecule has 0 aliphatic carbocycles. The predicted molar refractivity (Wildman–Crippen MR) is 185 cm³/mol. The summed E-state index contributed by atoms with van der Waals surface area (Å²) in [5.74, 6) is 7.00. The molecule has 15 heteroatoms. The summed E-state index contributed by atoms with van der Waals surface area (Å²) in [5, 5.41) is 20.6. The first-order valence-corrected chi connectivity index (χ1v) is 16.3. The second-order valence-electron chi connectivity index (χ2n) is 10.8. The molecule has 2 aliphatic rings. The van der Waals surface area contributed by atoms with Crippen LogP contribution < -0.4 is 11.5 Å². The van der Waals surface area contributed by atoms with E-state index in [0.29, 0.717) is 43.3 Å². The lowest BCUT2D eigenvalue weighted by Crippen LogP contribution is -2.27. The van der Waals surface area contributed by atoms with Crippen LogP contribution >= 0.6 is 22.6 Å². The molecule has 47 heavy (non-hydrogen) atoms. The predicted octanol–water partition coefficient (Wildman–Crippen LogP) is 3.10. The first-order valence-electron chi connectivity index (χ1n) is 15.2. The number of nitrogens with zero attached hydrogens (tertiary/aromatic N) is 6. The molecule has 2 saturated heterocycles. The number of nitrogens with two attached hydrogens (primary N) is 2. The Kier molecular flexibility index (Phi) is 11.8. The zero-order valence-electron chi connectivity index (χ0n) is 26.0. The van der Waals surface area contributed by atoms with Gasteiger partial charge in [0, 0.05) is 35.2 Å². The Bertz CT molecular complexity index is 1770. The van der Waals surface area contributed by atoms with Crippen LogP contribution in [0.25, 0.3) is 22.1 Å². The Balaban J connectivity index is 0.000000186. The highest BCUT2D eigenvalue weighted by Crippen LogP contribution is 2.37. The number of aromatic nitrogens is 6. The SMILES string of the molecule is C=CCOC1CC(n2cc(C#CCC)c3c(N)ncnc32)OC1CO.C=CCOC1CC(n2cc(I)c3c(N)ncnc32)OC1CO. The summed E-state index contributed by atoms with van der Waals surface area (Å²) in [6.45, 7) is 9.91. The molecule has 0 bridgehead atoms. The van der Waals surface area contributed by atoms with Gasteiger partial charge < -0.3 is 49.8 Å². The van der Waals surface area contributed by atoms with Crippen LogP contribution in [-0.2, 0) is 18.9 Å². The highest BCUT2D eigenvalue weighted by Gasteiger charge is 2.38. The fourth-order valence-corrected chi connectivity index (χ4v) is 6.51. The van der Waals surface area contributed by atoms with E-state index in [1.54, 1.807) is 12.2 Å². The van der Waals surface area contributed by atoms with Crippen LogP contribution in [0.15, 0.2) is 50.4 Å². The Morgan fingerprint density at radius 2 is 1.40 bits per heavy atom. The number of aliphatic hydroxyl groups is 2. The number of halogens is 1. The van der Waals surface area contributed by atoms with Gasteiger partial charge >= 0.3 is 0 Å². The van der Waals surface area contributed by atoms with Crippen molar-refractivity contribution in [2.24, 2.45) is 0 Å². The lowest BCUT2D eigenvalue weighted by Gasteiger charge is -2.15. The number of ether oxygens (including phenoxy) is 4. The topological polar surface area (TPSA) is 191 Å². The van der Waals surface area contributed by atoms with Gasteiger partial charge in [0.2, 0.25) is 0 Å². The molecular formula is C32H39IN8O6. The van der Waals surface area contributed by atoms with Crippen LogP contribution in [0.2, 0.25) is 0 Å². The molecule has 6 heterocycles. The summed E-state index contributed by atoms with van der Waals surface area (Å²) in [7, 11) is 0. The van der Waals surface area contributed by atoms with Gasteiger partial charge in [-0.1, -0.05) is 30.9 Å². The molecule has 0 spiro atoms. The van der Waals surface area contributed by atoms with Crippen LogP contribution in [0.3, 0.4) is 0 Å². The molecule has 6 atom stereocenters. The molecule has 250 valence electrons. The van der Waals surface area contributed by atoms with E-state index in [2.05, 4.69) is 67.5 Å². The van der Waals surface area contributed by atoms with Gasteiger partial charge in [0.25, 0.3) is 0 Å². The lowest BCUT2D eigenvalue weighted by molar-refractivity contribution is -0.0560. The third-order valence-corrected chi connectivity index (χ3v) is 8.65. The summed E-state index contributed by atoms with van der Waals surface area (Å²) in [6.07, 6.45) is 10.3. The number of hydrogen-bond donors (Lipinski definition) is 4. The number of fused-ring (bicyclic) bond motifs is 2. The van der Waals surface area contributed by atoms with E-state index in [9.17, 15) is 10.2 Å². The van der Waals surface area contributed by atoms with Crippen LogP contribution in [-0.4, -0.2) is 90.1 Å². The molecule has 2 fully saturated rings. The smallest absolute Gasteiger partial charge is 0.148 e. The first kappa shape index (κ1) is 34.7. The zero-order chi connectivity index (χ0) is 33.5. The van der Waals surface area contributed by atoms with E-state index >= 15 is 0 Å². The van der Waals surface area contributed by atoms with Gasteiger partial charge in [0.05, 0.1) is 55.0 Å². The minimum atomic E-state index is -0.397. The lowest BCUT2D eigenvalue weighted by atomic mass is 10.2. The summed E-state index contributed by atoms with van der Waals surface area (Å²) in [4.78, 5) is 16.8. The van der Waals surface area contributed by atoms with E-state index in [0.717, 1.165) is 32.0 Å². The number of aliphatic hydroxyl groups excluding tert-OH is 2. The maximum atomic E-state index is 9.57. The van der Waals surface area contributed by atoms with E-state index in [1.807, 2.05) is 28.5 Å². The molecule has 6 unspecified atom stereocenters. The van der Waals surface area contributed by atoms with Crippen molar-refractivity contribution in [3.05, 3.63) is 59.5 Å². The summed E-state index contributed by atoms with van der Waals surface area (Å²) in [6, 6.07) is 0. The fraction of sp³-hybridized carbons (Fsp3) is 0.438. The van der Waals surface area contributed by atoms with Gasteiger partial charge in [0.15, 0.2) is 0 Å². The quantitative estimate of drug-likeness (QED) is 0.105. The third kappa shape index (κ3) is 7.44. The number of nitrogen functional groups attached to an aromatic ring is 2. The Morgan fingerprint density at radius 1 is 0.894 bits per heavy atom. The van der Waals surface area contributed by atoms with Crippen LogP contribution in [0, 0.1) is 15.4 Å². The summed E-state index contributed by atoms with van der Waals surface area (Å²) < 4.78 is 28.1. The Labute approximate surface area is 285 Å². The molecular weight excluding hydrogens is 719 g/mol. The van der Waals surface area contributed by atoms with Crippen molar-refractivity contribution in [1.29, 1.82) is 0 Å². The van der Waals surface area contributed by atoms with E-state index in [1.165, 1.54) is 12.7 Å². The number of rotatable bonds is 10. The highest BCUT2D eigenvalue weighted by atomic mass is 127. The van der Waals surface area contributed by atoms with Crippen molar-refractivity contribution in [3.63, 3.8) is 0 Å². The standard InChI is InChI=1S/C18H22N4O3.C14H17IN4O3/c1-3-5-6-12-9-22(18-16(12)17(19)20-11-21-18)15-8-13(24-7-4-2)14(10-23)25-15;1-2-3-21-9-4-11(22-10(9)6-20)19-5-8(15)12-13(16)17-7-18-14(12)19/h4,9,11,13-15,23H,2-3,7-8,10H2,1H3,(H2,19,20,21);2,5,7,9-11,20H,1,3-4,6H2,(H2,16,17,18). The van der Waals surface area contributed by atoms with Crippen molar-refractivity contribution < 1.29 is 29.2 Å². The van der Waals surface area contributed by atoms with Gasteiger partial charge in [-0.3, -0.25) is 0 Å². The van der Waals surface area contributed by atoms with Gasteiger partial charge in [-0.05, 0) is 22.6 Å². The summed E-state index contributed by atoms with van der Waals surface area (Å²) >= 11 is 2.20. The van der Waals surface area contributed by atoms with Crippen molar-refractivity contribution in [2.45, 2.75) is 63.1 Å². The average Bonchev–Trinajstić information content (AvgIpc) is 3.85. The normalized spacial score (nSPS) is 23.7. The Hall–Kier alpha value is -3.63. The minimum Gasteiger partial charge on any atom is -0.394 e. The fourth-order valence-electron chi connectivity index (χ4n) is 5.69. The number of anilines is 2. The molecule has 0 aromatic carbocycles. The molecule has 0 saturated carbocycles. The van der Waals surface area contributed by atoms with E-state index in [4.69, 9.17) is 30.4 Å². The first-order chi connectivity index (χ1) is 22.8. The van der Waals surface area contributed by atoms with Crippen molar-refractivity contribution in [2.75, 3.05) is 37.9 Å². The van der Waals surface area contributed by atoms with Gasteiger partial charge in [-0.15, -0.1) is 13.2 Å². The average molecular weight is 759 g/mol. The second-order valence-corrected chi connectivity index (χ2v) is 12.0. The molecule has 0 amide bonds. The molecule has 6 N–H and O–H groups in total. The second kappa shape index (κ2) is 16.0.